The van der Waals surface area contributed by atoms with Gasteiger partial charge in [-0.1, -0.05) is 27.5 Å². The molecule has 0 aliphatic carbocycles. The van der Waals surface area contributed by atoms with E-state index in [1.807, 2.05) is 12.1 Å². The number of hydrogen-bond donors (Lipinski definition) is 2. The second-order valence-corrected chi connectivity index (χ2v) is 3.83. The molecule has 0 amide bonds. The van der Waals surface area contributed by atoms with Crippen LogP contribution in [0.5, 0.6) is 0 Å². The van der Waals surface area contributed by atoms with Crippen LogP contribution in [0.15, 0.2) is 22.7 Å². The van der Waals surface area contributed by atoms with Crippen molar-refractivity contribution >= 4 is 27.5 Å². The SMILES string of the molecule is NC[C@H](N)c1cc(Br)ccc1Cl. The van der Waals surface area contributed by atoms with E-state index in [4.69, 9.17) is 23.1 Å². The Morgan fingerprint density at radius 1 is 1.50 bits per heavy atom. The van der Waals surface area contributed by atoms with Crippen molar-refractivity contribution in [2.75, 3.05) is 6.54 Å². The molecule has 0 spiro atoms. The lowest BCUT2D eigenvalue weighted by Gasteiger charge is -2.11. The first-order chi connectivity index (χ1) is 5.65. The summed E-state index contributed by atoms with van der Waals surface area (Å²) >= 11 is 9.25. The standard InChI is InChI=1S/C8H10BrClN2/c9-5-1-2-7(10)6(3-5)8(12)4-11/h1-3,8H,4,11-12H2/t8-/m0/s1. The molecule has 0 fully saturated rings. The molecule has 0 heterocycles. The van der Waals surface area contributed by atoms with E-state index in [0.717, 1.165) is 10.0 Å². The van der Waals surface area contributed by atoms with E-state index in [0.29, 0.717) is 11.6 Å². The van der Waals surface area contributed by atoms with Crippen LogP contribution in [0, 0.1) is 0 Å². The lowest BCUT2D eigenvalue weighted by atomic mass is 10.1. The molecular weight excluding hydrogens is 239 g/mol. The molecule has 1 aromatic rings. The largest absolute Gasteiger partial charge is 0.329 e. The average molecular weight is 250 g/mol. The monoisotopic (exact) mass is 248 g/mol. The van der Waals surface area contributed by atoms with Gasteiger partial charge in [0.1, 0.15) is 0 Å². The van der Waals surface area contributed by atoms with Crippen molar-refractivity contribution in [3.05, 3.63) is 33.3 Å². The Morgan fingerprint density at radius 3 is 2.75 bits per heavy atom. The zero-order valence-electron chi connectivity index (χ0n) is 6.43. The molecule has 66 valence electrons. The van der Waals surface area contributed by atoms with Gasteiger partial charge in [0, 0.05) is 22.1 Å². The highest BCUT2D eigenvalue weighted by Crippen LogP contribution is 2.24. The molecule has 0 aromatic heterocycles. The van der Waals surface area contributed by atoms with Crippen LogP contribution >= 0.6 is 27.5 Å². The van der Waals surface area contributed by atoms with E-state index in [1.54, 1.807) is 6.07 Å². The Labute approximate surface area is 85.0 Å². The van der Waals surface area contributed by atoms with Crippen molar-refractivity contribution in [3.63, 3.8) is 0 Å². The number of nitrogens with two attached hydrogens (primary N) is 2. The summed E-state index contributed by atoms with van der Waals surface area (Å²) in [5.74, 6) is 0. The zero-order valence-corrected chi connectivity index (χ0v) is 8.77. The highest BCUT2D eigenvalue weighted by molar-refractivity contribution is 9.10. The summed E-state index contributed by atoms with van der Waals surface area (Å²) in [5.41, 5.74) is 12.0. The molecule has 0 saturated heterocycles. The third-order valence-electron chi connectivity index (χ3n) is 1.61. The molecule has 0 saturated carbocycles. The summed E-state index contributed by atoms with van der Waals surface area (Å²) in [6.07, 6.45) is 0. The van der Waals surface area contributed by atoms with E-state index < -0.39 is 0 Å². The lowest BCUT2D eigenvalue weighted by Crippen LogP contribution is -2.21. The molecule has 1 rings (SSSR count). The molecular formula is C8H10BrClN2. The fourth-order valence-electron chi connectivity index (χ4n) is 0.926. The summed E-state index contributed by atoms with van der Waals surface area (Å²) in [7, 11) is 0. The van der Waals surface area contributed by atoms with Gasteiger partial charge in [0.05, 0.1) is 0 Å². The molecule has 12 heavy (non-hydrogen) atoms. The maximum atomic E-state index is 5.91. The number of halogens is 2. The van der Waals surface area contributed by atoms with E-state index in [2.05, 4.69) is 15.9 Å². The van der Waals surface area contributed by atoms with Crippen molar-refractivity contribution in [2.24, 2.45) is 11.5 Å². The Bertz CT molecular complexity index is 278. The van der Waals surface area contributed by atoms with Crippen molar-refractivity contribution in [1.29, 1.82) is 0 Å². The smallest absolute Gasteiger partial charge is 0.0455 e. The van der Waals surface area contributed by atoms with Crippen LogP contribution in [-0.2, 0) is 0 Å². The number of hydrogen-bond acceptors (Lipinski definition) is 2. The Kier molecular flexibility index (Phi) is 3.53. The third-order valence-corrected chi connectivity index (χ3v) is 2.45. The maximum Gasteiger partial charge on any atom is 0.0455 e. The van der Waals surface area contributed by atoms with Crippen LogP contribution in [0.3, 0.4) is 0 Å². The minimum absolute atomic E-state index is 0.185. The molecule has 0 bridgehead atoms. The predicted octanol–water partition coefficient (Wildman–Crippen LogP) is 2.06. The topological polar surface area (TPSA) is 52.0 Å². The maximum absolute atomic E-state index is 5.91. The second kappa shape index (κ2) is 4.23. The Balaban J connectivity index is 3.04. The van der Waals surface area contributed by atoms with Gasteiger partial charge in [-0.3, -0.25) is 0 Å². The van der Waals surface area contributed by atoms with Gasteiger partial charge < -0.3 is 11.5 Å². The van der Waals surface area contributed by atoms with E-state index in [9.17, 15) is 0 Å². The van der Waals surface area contributed by atoms with Crippen molar-refractivity contribution < 1.29 is 0 Å². The van der Waals surface area contributed by atoms with Gasteiger partial charge in [0.15, 0.2) is 0 Å². The fourth-order valence-corrected chi connectivity index (χ4v) is 1.56. The van der Waals surface area contributed by atoms with Gasteiger partial charge in [-0.15, -0.1) is 0 Å². The molecule has 4 heteroatoms. The van der Waals surface area contributed by atoms with Gasteiger partial charge in [0.25, 0.3) is 0 Å². The van der Waals surface area contributed by atoms with Crippen LogP contribution < -0.4 is 11.5 Å². The summed E-state index contributed by atoms with van der Waals surface area (Å²) in [6, 6.07) is 5.38. The molecule has 0 radical (unpaired) electrons. The van der Waals surface area contributed by atoms with Gasteiger partial charge in [-0.2, -0.15) is 0 Å². The molecule has 4 N–H and O–H groups in total. The van der Waals surface area contributed by atoms with Gasteiger partial charge in [0.2, 0.25) is 0 Å². The minimum atomic E-state index is -0.185. The summed E-state index contributed by atoms with van der Waals surface area (Å²) < 4.78 is 0.964. The highest BCUT2D eigenvalue weighted by atomic mass is 79.9. The molecule has 0 aliphatic heterocycles. The van der Waals surface area contributed by atoms with Crippen molar-refractivity contribution in [1.82, 2.24) is 0 Å². The molecule has 0 aliphatic rings. The lowest BCUT2D eigenvalue weighted by molar-refractivity contribution is 0.737. The molecule has 1 atom stereocenters. The summed E-state index contributed by atoms with van der Waals surface area (Å²) in [4.78, 5) is 0. The van der Waals surface area contributed by atoms with Crippen molar-refractivity contribution in [3.8, 4) is 0 Å². The highest BCUT2D eigenvalue weighted by Gasteiger charge is 2.07. The molecule has 2 nitrogen and oxygen atoms in total. The Morgan fingerprint density at radius 2 is 2.17 bits per heavy atom. The first-order valence-corrected chi connectivity index (χ1v) is 4.73. The van der Waals surface area contributed by atoms with Crippen LogP contribution in [-0.4, -0.2) is 6.54 Å². The summed E-state index contributed by atoms with van der Waals surface area (Å²) in [6.45, 7) is 0.399. The quantitative estimate of drug-likeness (QED) is 0.843. The van der Waals surface area contributed by atoms with Crippen LogP contribution in [0.25, 0.3) is 0 Å². The van der Waals surface area contributed by atoms with Gasteiger partial charge in [-0.25, -0.2) is 0 Å². The third kappa shape index (κ3) is 2.20. The molecule has 1 aromatic carbocycles. The first kappa shape index (κ1) is 9.99. The van der Waals surface area contributed by atoms with Crippen molar-refractivity contribution in [2.45, 2.75) is 6.04 Å². The zero-order chi connectivity index (χ0) is 9.14. The molecule has 0 unspecified atom stereocenters. The van der Waals surface area contributed by atoms with E-state index in [1.165, 1.54) is 0 Å². The minimum Gasteiger partial charge on any atom is -0.329 e. The van der Waals surface area contributed by atoms with Gasteiger partial charge >= 0.3 is 0 Å². The fraction of sp³-hybridized carbons (Fsp3) is 0.250. The van der Waals surface area contributed by atoms with E-state index in [-0.39, 0.29) is 6.04 Å². The normalized spacial score (nSPS) is 13.0. The number of benzene rings is 1. The second-order valence-electron chi connectivity index (χ2n) is 2.51. The number of rotatable bonds is 2. The first-order valence-electron chi connectivity index (χ1n) is 3.55. The van der Waals surface area contributed by atoms with E-state index >= 15 is 0 Å². The van der Waals surface area contributed by atoms with Gasteiger partial charge in [-0.05, 0) is 23.8 Å². The van der Waals surface area contributed by atoms with Crippen LogP contribution in [0.2, 0.25) is 5.02 Å². The average Bonchev–Trinajstić information content (AvgIpc) is 2.08. The van der Waals surface area contributed by atoms with Crippen LogP contribution in [0.1, 0.15) is 11.6 Å². The van der Waals surface area contributed by atoms with Crippen LogP contribution in [0.4, 0.5) is 0 Å². The predicted molar refractivity (Wildman–Crippen MR) is 55.1 cm³/mol. The Hall–Kier alpha value is -0.0900. The summed E-state index contributed by atoms with van der Waals surface area (Å²) in [5, 5.41) is 0.663.